The van der Waals surface area contributed by atoms with E-state index in [2.05, 4.69) is 9.97 Å². The Morgan fingerprint density at radius 2 is 1.94 bits per heavy atom. The highest BCUT2D eigenvalue weighted by Gasteiger charge is 2.18. The third-order valence-electron chi connectivity index (χ3n) is 2.22. The molecule has 0 saturated carbocycles. The molecule has 0 spiro atoms. The number of H-pyrrole nitrogens is 1. The lowest BCUT2D eigenvalue weighted by molar-refractivity contribution is -0.143. The van der Waals surface area contributed by atoms with Crippen molar-refractivity contribution in [1.29, 1.82) is 0 Å². The highest BCUT2D eigenvalue weighted by Crippen LogP contribution is 2.20. The summed E-state index contributed by atoms with van der Waals surface area (Å²) < 4.78 is 10.9. The molecule has 0 radical (unpaired) electrons. The summed E-state index contributed by atoms with van der Waals surface area (Å²) in [5.41, 5.74) is 0.945. The van der Waals surface area contributed by atoms with Crippen molar-refractivity contribution < 1.29 is 9.47 Å². The molecule has 0 unspecified atom stereocenters. The van der Waals surface area contributed by atoms with Crippen LogP contribution in [-0.4, -0.2) is 29.4 Å². The molecule has 0 fully saturated rings. The predicted octanol–water partition coefficient (Wildman–Crippen LogP) is 1.87. The van der Waals surface area contributed by atoms with Crippen molar-refractivity contribution in [3.8, 4) is 0 Å². The standard InChI is InChI=1S/C11H18N2O3S/c1-5-15-10(16-6-2)8-7(3)9(14)13-11(12-8)17-4/h10H,5-6H2,1-4H3,(H,12,13,14). The Kier molecular flexibility index (Phi) is 5.67. The van der Waals surface area contributed by atoms with E-state index in [4.69, 9.17) is 9.47 Å². The summed E-state index contributed by atoms with van der Waals surface area (Å²) in [6.45, 7) is 6.49. The molecule has 1 N–H and O–H groups in total. The van der Waals surface area contributed by atoms with Crippen LogP contribution in [-0.2, 0) is 9.47 Å². The molecule has 0 saturated heterocycles. The Morgan fingerprint density at radius 3 is 2.41 bits per heavy atom. The van der Waals surface area contributed by atoms with Crippen LogP contribution in [0.1, 0.15) is 31.4 Å². The third-order valence-corrected chi connectivity index (χ3v) is 2.80. The number of ether oxygens (including phenoxy) is 2. The minimum atomic E-state index is -0.571. The van der Waals surface area contributed by atoms with E-state index in [1.807, 2.05) is 20.1 Å². The van der Waals surface area contributed by atoms with Crippen molar-refractivity contribution in [2.45, 2.75) is 32.2 Å². The van der Waals surface area contributed by atoms with E-state index in [0.717, 1.165) is 0 Å². The second-order valence-electron chi connectivity index (χ2n) is 3.33. The van der Waals surface area contributed by atoms with E-state index in [0.29, 0.717) is 29.6 Å². The zero-order chi connectivity index (χ0) is 12.8. The first-order valence-corrected chi connectivity index (χ1v) is 6.74. The normalized spacial score (nSPS) is 11.1. The second-order valence-corrected chi connectivity index (χ2v) is 4.12. The first kappa shape index (κ1) is 14.2. The molecule has 0 atom stereocenters. The van der Waals surface area contributed by atoms with Crippen molar-refractivity contribution >= 4 is 11.8 Å². The van der Waals surface area contributed by atoms with Crippen molar-refractivity contribution in [2.75, 3.05) is 19.5 Å². The number of hydrogen-bond acceptors (Lipinski definition) is 5. The summed E-state index contributed by atoms with van der Waals surface area (Å²) >= 11 is 1.38. The molecular formula is C11H18N2O3S. The quantitative estimate of drug-likeness (QED) is 0.479. The summed E-state index contributed by atoms with van der Waals surface area (Å²) in [5, 5.41) is 0.569. The molecule has 17 heavy (non-hydrogen) atoms. The van der Waals surface area contributed by atoms with Gasteiger partial charge in [-0.1, -0.05) is 11.8 Å². The van der Waals surface area contributed by atoms with Crippen LogP contribution >= 0.6 is 11.8 Å². The molecule has 6 heteroatoms. The van der Waals surface area contributed by atoms with Gasteiger partial charge in [-0.15, -0.1) is 0 Å². The maximum Gasteiger partial charge on any atom is 0.254 e. The third kappa shape index (κ3) is 3.55. The van der Waals surface area contributed by atoms with Crippen molar-refractivity contribution in [2.24, 2.45) is 0 Å². The Labute approximate surface area is 105 Å². The van der Waals surface area contributed by atoms with Crippen molar-refractivity contribution in [3.05, 3.63) is 21.6 Å². The van der Waals surface area contributed by atoms with Crippen LogP contribution in [0.3, 0.4) is 0 Å². The van der Waals surface area contributed by atoms with Crippen LogP contribution in [0, 0.1) is 6.92 Å². The van der Waals surface area contributed by atoms with E-state index < -0.39 is 6.29 Å². The van der Waals surface area contributed by atoms with Crippen molar-refractivity contribution in [3.63, 3.8) is 0 Å². The topological polar surface area (TPSA) is 64.2 Å². The Bertz CT molecular complexity index is 414. The van der Waals surface area contributed by atoms with Gasteiger partial charge in [0, 0.05) is 18.8 Å². The first-order valence-electron chi connectivity index (χ1n) is 5.52. The number of nitrogens with zero attached hydrogens (tertiary/aromatic N) is 1. The Morgan fingerprint density at radius 1 is 1.35 bits per heavy atom. The average Bonchev–Trinajstić information content (AvgIpc) is 2.32. The van der Waals surface area contributed by atoms with Crippen LogP contribution in [0.25, 0.3) is 0 Å². The highest BCUT2D eigenvalue weighted by molar-refractivity contribution is 7.98. The van der Waals surface area contributed by atoms with E-state index in [-0.39, 0.29) is 5.56 Å². The maximum absolute atomic E-state index is 11.7. The molecule has 1 aromatic heterocycles. The van der Waals surface area contributed by atoms with Gasteiger partial charge in [0.1, 0.15) is 5.69 Å². The summed E-state index contributed by atoms with van der Waals surface area (Å²) in [6.07, 6.45) is 1.28. The summed E-state index contributed by atoms with van der Waals surface area (Å²) in [5.74, 6) is 0. The lowest BCUT2D eigenvalue weighted by Gasteiger charge is -2.18. The SMILES string of the molecule is CCOC(OCC)c1nc(SC)[nH]c(=O)c1C. The monoisotopic (exact) mass is 258 g/mol. The van der Waals surface area contributed by atoms with Crippen LogP contribution < -0.4 is 5.56 Å². The highest BCUT2D eigenvalue weighted by atomic mass is 32.2. The molecule has 0 aromatic carbocycles. The first-order chi connectivity index (χ1) is 8.13. The van der Waals surface area contributed by atoms with Gasteiger partial charge in [0.15, 0.2) is 5.16 Å². The fraction of sp³-hybridized carbons (Fsp3) is 0.636. The van der Waals surface area contributed by atoms with Gasteiger partial charge >= 0.3 is 0 Å². The second kappa shape index (κ2) is 6.78. The molecule has 0 aliphatic heterocycles. The van der Waals surface area contributed by atoms with Crippen molar-refractivity contribution in [1.82, 2.24) is 9.97 Å². The lowest BCUT2D eigenvalue weighted by atomic mass is 10.2. The molecular weight excluding hydrogens is 240 g/mol. The Balaban J connectivity index is 3.16. The molecule has 0 aliphatic carbocycles. The summed E-state index contributed by atoms with van der Waals surface area (Å²) in [7, 11) is 0. The van der Waals surface area contributed by atoms with Gasteiger partial charge in [0.2, 0.25) is 6.29 Å². The minimum Gasteiger partial charge on any atom is -0.347 e. The zero-order valence-electron chi connectivity index (χ0n) is 10.6. The smallest absolute Gasteiger partial charge is 0.254 e. The van der Waals surface area contributed by atoms with Gasteiger partial charge in [0.25, 0.3) is 5.56 Å². The molecule has 1 rings (SSSR count). The van der Waals surface area contributed by atoms with Gasteiger partial charge in [0.05, 0.1) is 0 Å². The van der Waals surface area contributed by atoms with E-state index in [9.17, 15) is 4.79 Å². The fourth-order valence-electron chi connectivity index (χ4n) is 1.36. The van der Waals surface area contributed by atoms with Crippen LogP contribution in [0.5, 0.6) is 0 Å². The largest absolute Gasteiger partial charge is 0.347 e. The lowest BCUT2D eigenvalue weighted by Crippen LogP contribution is -2.21. The summed E-state index contributed by atoms with van der Waals surface area (Å²) in [6, 6.07) is 0. The van der Waals surface area contributed by atoms with Crippen LogP contribution in [0.2, 0.25) is 0 Å². The molecule has 0 amide bonds. The Hall–Kier alpha value is -0.850. The summed E-state index contributed by atoms with van der Waals surface area (Å²) in [4.78, 5) is 18.7. The average molecular weight is 258 g/mol. The number of rotatable bonds is 6. The fourth-order valence-corrected chi connectivity index (χ4v) is 1.75. The van der Waals surface area contributed by atoms with Gasteiger partial charge in [-0.2, -0.15) is 0 Å². The number of aromatic amines is 1. The molecule has 0 bridgehead atoms. The van der Waals surface area contributed by atoms with Gasteiger partial charge in [-0.3, -0.25) is 4.79 Å². The molecule has 1 heterocycles. The van der Waals surface area contributed by atoms with Gasteiger partial charge in [-0.25, -0.2) is 4.98 Å². The molecule has 5 nitrogen and oxygen atoms in total. The van der Waals surface area contributed by atoms with Crippen LogP contribution in [0.15, 0.2) is 9.95 Å². The zero-order valence-corrected chi connectivity index (χ0v) is 11.4. The minimum absolute atomic E-state index is 0.149. The van der Waals surface area contributed by atoms with E-state index in [1.54, 1.807) is 6.92 Å². The molecule has 96 valence electrons. The van der Waals surface area contributed by atoms with Crippen LogP contribution in [0.4, 0.5) is 0 Å². The number of aromatic nitrogens is 2. The van der Waals surface area contributed by atoms with E-state index in [1.165, 1.54) is 11.8 Å². The molecule has 1 aromatic rings. The number of nitrogens with one attached hydrogen (secondary N) is 1. The van der Waals surface area contributed by atoms with E-state index >= 15 is 0 Å². The van der Waals surface area contributed by atoms with Gasteiger partial charge in [-0.05, 0) is 27.0 Å². The predicted molar refractivity (Wildman–Crippen MR) is 67.4 cm³/mol. The van der Waals surface area contributed by atoms with Gasteiger partial charge < -0.3 is 14.5 Å². The maximum atomic E-state index is 11.7. The molecule has 0 aliphatic rings. The number of hydrogen-bond donors (Lipinski definition) is 1. The number of thioether (sulfide) groups is 1.